The van der Waals surface area contributed by atoms with E-state index >= 15 is 0 Å². The molecule has 2 aliphatic rings. The maximum atomic E-state index is 12.6. The van der Waals surface area contributed by atoms with Crippen molar-refractivity contribution in [1.29, 1.82) is 5.41 Å². The van der Waals surface area contributed by atoms with Crippen molar-refractivity contribution in [2.75, 3.05) is 18.5 Å². The Morgan fingerprint density at radius 2 is 1.81 bits per heavy atom. The van der Waals surface area contributed by atoms with Gasteiger partial charge in [-0.3, -0.25) is 25.4 Å². The first kappa shape index (κ1) is 16.4. The SMILES string of the molecule is CN1/C(=C2\C(=N)N(NC(=O)c3ccccc3)CC2=O)Sc2ccccc21. The first-order chi connectivity index (χ1) is 12.6. The quantitative estimate of drug-likeness (QED) is 0.801. The molecule has 6 nitrogen and oxygen atoms in total. The lowest BCUT2D eigenvalue weighted by Gasteiger charge is -2.19. The maximum Gasteiger partial charge on any atom is 0.269 e. The van der Waals surface area contributed by atoms with Crippen LogP contribution in [0.1, 0.15) is 10.4 Å². The summed E-state index contributed by atoms with van der Waals surface area (Å²) in [6.45, 7) is -0.0407. The molecule has 4 rings (SSSR count). The third kappa shape index (κ3) is 2.66. The molecule has 0 saturated carbocycles. The summed E-state index contributed by atoms with van der Waals surface area (Å²) < 4.78 is 0. The van der Waals surface area contributed by atoms with E-state index in [1.54, 1.807) is 24.3 Å². The highest BCUT2D eigenvalue weighted by molar-refractivity contribution is 8.03. The topological polar surface area (TPSA) is 76.5 Å². The summed E-state index contributed by atoms with van der Waals surface area (Å²) in [7, 11) is 1.88. The second-order valence-electron chi connectivity index (χ2n) is 5.97. The molecule has 2 aromatic rings. The predicted octanol–water partition coefficient (Wildman–Crippen LogP) is 2.65. The average molecular weight is 364 g/mol. The predicted molar refractivity (Wildman–Crippen MR) is 101 cm³/mol. The standard InChI is InChI=1S/C19H16N4O2S/c1-22-13-9-5-6-10-15(13)26-19(22)16-14(24)11-23(17(16)20)21-18(25)12-7-3-2-4-8-12/h2-10,20H,11H2,1H3,(H,21,25)/b19-16+,20-17?. The van der Waals surface area contributed by atoms with Crippen molar-refractivity contribution in [3.63, 3.8) is 0 Å². The van der Waals surface area contributed by atoms with Gasteiger partial charge in [0, 0.05) is 17.5 Å². The number of ketones is 1. The number of Topliss-reactive ketones (excluding diaryl/α,β-unsaturated/α-hetero) is 1. The summed E-state index contributed by atoms with van der Waals surface area (Å²) >= 11 is 1.47. The Morgan fingerprint density at radius 3 is 2.54 bits per heavy atom. The van der Waals surface area contributed by atoms with Crippen molar-refractivity contribution in [3.8, 4) is 0 Å². The normalized spacial score (nSPS) is 19.1. The number of carbonyl (C=O) groups is 2. The van der Waals surface area contributed by atoms with Crippen LogP contribution in [0.3, 0.4) is 0 Å². The summed E-state index contributed by atoms with van der Waals surface area (Å²) in [4.78, 5) is 27.9. The number of hydrazine groups is 1. The fraction of sp³-hybridized carbons (Fsp3) is 0.105. The number of hydrogen-bond acceptors (Lipinski definition) is 5. The number of fused-ring (bicyclic) bond motifs is 1. The number of carbonyl (C=O) groups excluding carboxylic acids is 2. The lowest BCUT2D eigenvalue weighted by molar-refractivity contribution is -0.114. The monoisotopic (exact) mass is 364 g/mol. The number of anilines is 1. The minimum Gasteiger partial charge on any atom is -0.337 e. The smallest absolute Gasteiger partial charge is 0.269 e. The van der Waals surface area contributed by atoms with E-state index in [9.17, 15) is 9.59 Å². The molecule has 1 saturated heterocycles. The molecule has 2 aliphatic heterocycles. The van der Waals surface area contributed by atoms with Crippen molar-refractivity contribution < 1.29 is 9.59 Å². The second-order valence-corrected chi connectivity index (χ2v) is 7.00. The largest absolute Gasteiger partial charge is 0.337 e. The molecule has 0 bridgehead atoms. The van der Waals surface area contributed by atoms with Gasteiger partial charge in [0.15, 0.2) is 11.6 Å². The molecular weight excluding hydrogens is 348 g/mol. The van der Waals surface area contributed by atoms with E-state index in [1.165, 1.54) is 16.8 Å². The van der Waals surface area contributed by atoms with Gasteiger partial charge in [-0.25, -0.2) is 0 Å². The molecule has 7 heteroatoms. The fourth-order valence-electron chi connectivity index (χ4n) is 2.98. The molecule has 0 unspecified atom stereocenters. The number of para-hydroxylation sites is 1. The van der Waals surface area contributed by atoms with Crippen molar-refractivity contribution >= 4 is 35.0 Å². The molecule has 0 atom stereocenters. The van der Waals surface area contributed by atoms with Crippen LogP contribution in [0.15, 0.2) is 70.1 Å². The van der Waals surface area contributed by atoms with Gasteiger partial charge in [-0.05, 0) is 24.3 Å². The third-order valence-electron chi connectivity index (χ3n) is 4.31. The lowest BCUT2D eigenvalue weighted by Crippen LogP contribution is -2.43. The summed E-state index contributed by atoms with van der Waals surface area (Å²) in [6, 6.07) is 16.6. The molecule has 130 valence electrons. The van der Waals surface area contributed by atoms with Crippen LogP contribution in [-0.4, -0.2) is 36.1 Å². The highest BCUT2D eigenvalue weighted by Crippen LogP contribution is 2.46. The molecule has 0 aromatic heterocycles. The Hall–Kier alpha value is -3.06. The summed E-state index contributed by atoms with van der Waals surface area (Å²) in [5, 5.41) is 10.4. The Balaban J connectivity index is 1.60. The van der Waals surface area contributed by atoms with E-state index in [2.05, 4.69) is 5.43 Å². The molecule has 2 aromatic carbocycles. The zero-order valence-electron chi connectivity index (χ0n) is 14.0. The second kappa shape index (κ2) is 6.34. The van der Waals surface area contributed by atoms with Crippen LogP contribution >= 0.6 is 11.8 Å². The van der Waals surface area contributed by atoms with Gasteiger partial charge in [0.2, 0.25) is 0 Å². The number of amides is 1. The molecule has 2 N–H and O–H groups in total. The van der Waals surface area contributed by atoms with E-state index < -0.39 is 0 Å². The van der Waals surface area contributed by atoms with E-state index in [1.807, 2.05) is 42.3 Å². The van der Waals surface area contributed by atoms with Crippen LogP contribution in [0, 0.1) is 5.41 Å². The van der Waals surface area contributed by atoms with Crippen LogP contribution in [0.25, 0.3) is 0 Å². The number of thioether (sulfide) groups is 1. The van der Waals surface area contributed by atoms with E-state index in [4.69, 9.17) is 5.41 Å². The highest BCUT2D eigenvalue weighted by atomic mass is 32.2. The molecule has 1 amide bonds. The Kier molecular flexibility index (Phi) is 4.00. The van der Waals surface area contributed by atoms with Gasteiger partial charge in [-0.15, -0.1) is 0 Å². The first-order valence-electron chi connectivity index (χ1n) is 8.07. The molecule has 1 fully saturated rings. The van der Waals surface area contributed by atoms with Crippen molar-refractivity contribution in [1.82, 2.24) is 10.4 Å². The van der Waals surface area contributed by atoms with E-state index in [0.29, 0.717) is 11.1 Å². The molecule has 2 heterocycles. The Labute approximate surface area is 155 Å². The number of hydrogen-bond donors (Lipinski definition) is 2. The van der Waals surface area contributed by atoms with Gasteiger partial charge in [-0.1, -0.05) is 42.1 Å². The molecule has 0 aliphatic carbocycles. The van der Waals surface area contributed by atoms with Gasteiger partial charge in [0.05, 0.1) is 16.3 Å². The first-order valence-corrected chi connectivity index (χ1v) is 8.88. The minimum absolute atomic E-state index is 0.0152. The summed E-state index contributed by atoms with van der Waals surface area (Å²) in [5.74, 6) is -0.503. The van der Waals surface area contributed by atoms with Crippen LogP contribution < -0.4 is 10.3 Å². The van der Waals surface area contributed by atoms with E-state index in [0.717, 1.165) is 15.6 Å². The zero-order chi connectivity index (χ0) is 18.3. The van der Waals surface area contributed by atoms with Crippen LogP contribution in [0.5, 0.6) is 0 Å². The third-order valence-corrected chi connectivity index (χ3v) is 5.55. The van der Waals surface area contributed by atoms with Crippen molar-refractivity contribution in [3.05, 3.63) is 70.8 Å². The Morgan fingerprint density at radius 1 is 1.12 bits per heavy atom. The molecule has 0 radical (unpaired) electrons. The molecule has 26 heavy (non-hydrogen) atoms. The van der Waals surface area contributed by atoms with Gasteiger partial charge < -0.3 is 4.90 Å². The van der Waals surface area contributed by atoms with E-state index in [-0.39, 0.29) is 24.1 Å². The van der Waals surface area contributed by atoms with Gasteiger partial charge in [0.1, 0.15) is 6.54 Å². The van der Waals surface area contributed by atoms with Gasteiger partial charge in [0.25, 0.3) is 5.91 Å². The lowest BCUT2D eigenvalue weighted by atomic mass is 10.2. The Bertz CT molecular complexity index is 955. The van der Waals surface area contributed by atoms with Crippen LogP contribution in [0.4, 0.5) is 5.69 Å². The van der Waals surface area contributed by atoms with Gasteiger partial charge in [-0.2, -0.15) is 0 Å². The number of amidine groups is 1. The number of nitrogens with one attached hydrogen (secondary N) is 2. The summed E-state index contributed by atoms with van der Waals surface area (Å²) in [5.41, 5.74) is 4.47. The van der Waals surface area contributed by atoms with Crippen LogP contribution in [-0.2, 0) is 4.79 Å². The zero-order valence-corrected chi connectivity index (χ0v) is 14.8. The van der Waals surface area contributed by atoms with Crippen molar-refractivity contribution in [2.24, 2.45) is 0 Å². The number of nitrogens with zero attached hydrogens (tertiary/aromatic N) is 2. The van der Waals surface area contributed by atoms with Crippen molar-refractivity contribution in [2.45, 2.75) is 4.90 Å². The fourth-order valence-corrected chi connectivity index (χ4v) is 4.20. The number of benzene rings is 2. The summed E-state index contributed by atoms with van der Waals surface area (Å²) in [6.07, 6.45) is 0. The maximum absolute atomic E-state index is 12.6. The van der Waals surface area contributed by atoms with Crippen LogP contribution in [0.2, 0.25) is 0 Å². The average Bonchev–Trinajstić information content (AvgIpc) is 3.12. The molecular formula is C19H16N4O2S. The van der Waals surface area contributed by atoms with Gasteiger partial charge >= 0.3 is 0 Å². The minimum atomic E-state index is -0.342. The number of rotatable bonds is 2. The molecule has 0 spiro atoms. The highest BCUT2D eigenvalue weighted by Gasteiger charge is 2.38.